The molecule has 1 saturated heterocycles. The van der Waals surface area contributed by atoms with Crippen molar-refractivity contribution in [3.05, 3.63) is 24.5 Å². The molecule has 0 N–H and O–H groups in total. The fourth-order valence-corrected chi connectivity index (χ4v) is 4.68. The Morgan fingerprint density at radius 2 is 2.00 bits per heavy atom. The number of sulfonamides is 1. The Balaban J connectivity index is 1.62. The van der Waals surface area contributed by atoms with Crippen molar-refractivity contribution in [2.45, 2.75) is 57.5 Å². The zero-order valence-corrected chi connectivity index (χ0v) is 15.9. The molecule has 8 nitrogen and oxygen atoms in total. The summed E-state index contributed by atoms with van der Waals surface area (Å²) >= 11 is 0. The van der Waals surface area contributed by atoms with Crippen molar-refractivity contribution in [2.75, 3.05) is 13.1 Å². The lowest BCUT2D eigenvalue weighted by Gasteiger charge is -2.30. The van der Waals surface area contributed by atoms with E-state index >= 15 is 0 Å². The largest absolute Gasteiger partial charge is 0.315 e. The molecule has 3 rings (SSSR count). The van der Waals surface area contributed by atoms with E-state index in [1.54, 1.807) is 21.5 Å². The fraction of sp³-hybridized carbons (Fsp3) is 0.688. The van der Waals surface area contributed by atoms with Gasteiger partial charge in [-0.2, -0.15) is 9.40 Å². The van der Waals surface area contributed by atoms with Crippen LogP contribution in [-0.4, -0.2) is 50.4 Å². The molecule has 0 atom stereocenters. The number of nitrogens with zero attached hydrogens (tertiary/aromatic N) is 6. The monoisotopic (exact) mass is 366 g/mol. The number of piperidine rings is 1. The van der Waals surface area contributed by atoms with Gasteiger partial charge < -0.3 is 4.57 Å². The molecule has 0 radical (unpaired) electrons. The van der Waals surface area contributed by atoms with E-state index in [-0.39, 0.29) is 4.90 Å². The van der Waals surface area contributed by atoms with Gasteiger partial charge in [-0.3, -0.25) is 4.68 Å². The number of rotatable bonds is 6. The van der Waals surface area contributed by atoms with Crippen molar-refractivity contribution in [3.63, 3.8) is 0 Å². The molecule has 9 heteroatoms. The minimum Gasteiger partial charge on any atom is -0.315 e. The van der Waals surface area contributed by atoms with Crippen LogP contribution in [0.15, 0.2) is 23.6 Å². The highest BCUT2D eigenvalue weighted by molar-refractivity contribution is 7.89. The highest BCUT2D eigenvalue weighted by atomic mass is 32.2. The number of hydrogen-bond acceptors (Lipinski definition) is 5. The molecule has 138 valence electrons. The van der Waals surface area contributed by atoms with Crippen molar-refractivity contribution in [1.82, 2.24) is 28.9 Å². The van der Waals surface area contributed by atoms with E-state index in [9.17, 15) is 8.42 Å². The third-order valence-electron chi connectivity index (χ3n) is 4.82. The van der Waals surface area contributed by atoms with E-state index in [0.717, 1.165) is 25.1 Å². The van der Waals surface area contributed by atoms with Gasteiger partial charge in [-0.1, -0.05) is 0 Å². The van der Waals surface area contributed by atoms with Crippen LogP contribution in [0.25, 0.3) is 0 Å². The third kappa shape index (κ3) is 3.77. The summed E-state index contributed by atoms with van der Waals surface area (Å²) in [6.07, 6.45) is 7.34. The molecule has 0 aromatic carbocycles. The van der Waals surface area contributed by atoms with Crippen molar-refractivity contribution < 1.29 is 8.42 Å². The zero-order valence-electron chi connectivity index (χ0n) is 15.0. The topological polar surface area (TPSA) is 85.9 Å². The Morgan fingerprint density at radius 3 is 2.60 bits per heavy atom. The Hall–Kier alpha value is -1.74. The summed E-state index contributed by atoms with van der Waals surface area (Å²) in [6.45, 7) is 7.90. The SMILES string of the molecule is CCn1cc(S(=O)(=O)N2CCC(Cc3nncn3C(C)C)CC2)cn1. The summed E-state index contributed by atoms with van der Waals surface area (Å²) in [6, 6.07) is 0.334. The van der Waals surface area contributed by atoms with E-state index in [4.69, 9.17) is 0 Å². The smallest absolute Gasteiger partial charge is 0.246 e. The highest BCUT2D eigenvalue weighted by Crippen LogP contribution is 2.26. The zero-order chi connectivity index (χ0) is 18.0. The van der Waals surface area contributed by atoms with Crippen molar-refractivity contribution in [1.29, 1.82) is 0 Å². The van der Waals surface area contributed by atoms with Gasteiger partial charge in [-0.25, -0.2) is 8.42 Å². The molecule has 0 aliphatic carbocycles. The van der Waals surface area contributed by atoms with Crippen LogP contribution < -0.4 is 0 Å². The lowest BCUT2D eigenvalue weighted by Crippen LogP contribution is -2.39. The summed E-state index contributed by atoms with van der Waals surface area (Å²) in [7, 11) is -3.44. The van der Waals surface area contributed by atoms with Gasteiger partial charge in [0.2, 0.25) is 10.0 Å². The number of aryl methyl sites for hydroxylation is 1. The maximum Gasteiger partial charge on any atom is 0.246 e. The predicted molar refractivity (Wildman–Crippen MR) is 93.5 cm³/mol. The van der Waals surface area contributed by atoms with Gasteiger partial charge in [0.05, 0.1) is 6.20 Å². The predicted octanol–water partition coefficient (Wildman–Crippen LogP) is 1.72. The molecule has 2 aromatic heterocycles. The van der Waals surface area contributed by atoms with Gasteiger partial charge in [0.15, 0.2) is 0 Å². The van der Waals surface area contributed by atoms with Crippen molar-refractivity contribution in [2.24, 2.45) is 5.92 Å². The molecule has 0 unspecified atom stereocenters. The van der Waals surface area contributed by atoms with Crippen LogP contribution in [0.4, 0.5) is 0 Å². The lowest BCUT2D eigenvalue weighted by molar-refractivity contribution is 0.268. The van der Waals surface area contributed by atoms with Gasteiger partial charge in [-0.15, -0.1) is 10.2 Å². The van der Waals surface area contributed by atoms with Crippen LogP contribution in [0.5, 0.6) is 0 Å². The first-order chi connectivity index (χ1) is 11.9. The summed E-state index contributed by atoms with van der Waals surface area (Å²) in [4.78, 5) is 0.285. The van der Waals surface area contributed by atoms with Gasteiger partial charge in [0, 0.05) is 38.3 Å². The minimum atomic E-state index is -3.44. The molecule has 2 aromatic rings. The van der Waals surface area contributed by atoms with E-state index in [0.29, 0.717) is 31.6 Å². The first-order valence-electron chi connectivity index (χ1n) is 8.82. The second-order valence-corrected chi connectivity index (χ2v) is 8.77. The van der Waals surface area contributed by atoms with Crippen LogP contribution in [0.3, 0.4) is 0 Å². The Bertz CT molecular complexity index is 802. The van der Waals surface area contributed by atoms with E-state index < -0.39 is 10.0 Å². The summed E-state index contributed by atoms with van der Waals surface area (Å²) in [5, 5.41) is 12.3. The van der Waals surface area contributed by atoms with Crippen LogP contribution in [0, 0.1) is 5.92 Å². The molecule has 0 spiro atoms. The Morgan fingerprint density at radius 1 is 1.28 bits per heavy atom. The average Bonchev–Trinajstić information content (AvgIpc) is 3.24. The highest BCUT2D eigenvalue weighted by Gasteiger charge is 2.31. The van der Waals surface area contributed by atoms with Gasteiger partial charge in [0.1, 0.15) is 17.0 Å². The normalized spacial score (nSPS) is 17.4. The van der Waals surface area contributed by atoms with Crippen LogP contribution in [0.2, 0.25) is 0 Å². The van der Waals surface area contributed by atoms with Gasteiger partial charge >= 0.3 is 0 Å². The standard InChI is InChI=1S/C16H26N6O2S/c1-4-20-11-15(10-18-20)25(23,24)21-7-5-14(6-8-21)9-16-19-17-12-22(16)13(2)3/h10-14H,4-9H2,1-3H3. The molecule has 1 aliphatic heterocycles. The van der Waals surface area contributed by atoms with Crippen LogP contribution in [0.1, 0.15) is 45.5 Å². The first-order valence-corrected chi connectivity index (χ1v) is 10.3. The van der Waals surface area contributed by atoms with Crippen molar-refractivity contribution >= 4 is 10.0 Å². The number of aromatic nitrogens is 5. The van der Waals surface area contributed by atoms with E-state index in [1.807, 2.05) is 6.92 Å². The minimum absolute atomic E-state index is 0.285. The van der Waals surface area contributed by atoms with Crippen molar-refractivity contribution in [3.8, 4) is 0 Å². The molecule has 3 heterocycles. The van der Waals surface area contributed by atoms with Crippen LogP contribution >= 0.6 is 0 Å². The molecule has 0 amide bonds. The van der Waals surface area contributed by atoms with Crippen LogP contribution in [-0.2, 0) is 23.0 Å². The Kier molecular flexibility index (Phi) is 5.24. The lowest BCUT2D eigenvalue weighted by atomic mass is 9.94. The van der Waals surface area contributed by atoms with E-state index in [2.05, 4.69) is 33.7 Å². The van der Waals surface area contributed by atoms with Gasteiger partial charge in [0.25, 0.3) is 0 Å². The maximum atomic E-state index is 12.7. The Labute approximate surface area is 148 Å². The molecule has 1 fully saturated rings. The fourth-order valence-electron chi connectivity index (χ4n) is 3.26. The molecular formula is C16H26N6O2S. The molecule has 0 bridgehead atoms. The molecule has 0 saturated carbocycles. The average molecular weight is 366 g/mol. The second-order valence-electron chi connectivity index (χ2n) is 6.83. The third-order valence-corrected chi connectivity index (χ3v) is 6.67. The summed E-state index contributed by atoms with van der Waals surface area (Å²) in [5.41, 5.74) is 0. The summed E-state index contributed by atoms with van der Waals surface area (Å²) < 4.78 is 30.8. The summed E-state index contributed by atoms with van der Waals surface area (Å²) in [5.74, 6) is 1.42. The number of hydrogen-bond donors (Lipinski definition) is 0. The second kappa shape index (κ2) is 7.25. The maximum absolute atomic E-state index is 12.7. The molecule has 25 heavy (non-hydrogen) atoms. The van der Waals surface area contributed by atoms with E-state index in [1.165, 1.54) is 6.20 Å². The quantitative estimate of drug-likeness (QED) is 0.777. The molecular weight excluding hydrogens is 340 g/mol. The molecule has 1 aliphatic rings. The van der Waals surface area contributed by atoms with Gasteiger partial charge in [-0.05, 0) is 39.5 Å². The first kappa shape index (κ1) is 18.1.